The Bertz CT molecular complexity index is 454. The van der Waals surface area contributed by atoms with E-state index in [4.69, 9.17) is 11.5 Å². The number of anilines is 1. The van der Waals surface area contributed by atoms with Gasteiger partial charge in [0.1, 0.15) is 5.82 Å². The second-order valence-electron chi connectivity index (χ2n) is 3.50. The maximum absolute atomic E-state index is 13.5. The molecule has 1 atom stereocenters. The maximum Gasteiger partial charge on any atom is 0.128 e. The van der Waals surface area contributed by atoms with Crippen LogP contribution in [-0.2, 0) is 0 Å². The molecule has 3 nitrogen and oxygen atoms in total. The Morgan fingerprint density at radius 1 is 1.12 bits per heavy atom. The zero-order chi connectivity index (χ0) is 11.5. The van der Waals surface area contributed by atoms with E-state index in [1.54, 1.807) is 36.7 Å². The molecule has 2 rings (SSSR count). The number of hydrogen-bond donors (Lipinski definition) is 2. The van der Waals surface area contributed by atoms with Crippen LogP contribution in [0.15, 0.2) is 42.7 Å². The molecule has 0 aliphatic rings. The first-order valence-electron chi connectivity index (χ1n) is 4.89. The summed E-state index contributed by atoms with van der Waals surface area (Å²) in [6.07, 6.45) is 3.14. The van der Waals surface area contributed by atoms with E-state index in [0.717, 1.165) is 0 Å². The standard InChI is InChI=1S/C12H12FN3/c13-10-4-2-1-3-8(10)12(15)9-7-16-6-5-11(9)14/h1-7,12H,15H2,(H2,14,16). The summed E-state index contributed by atoms with van der Waals surface area (Å²) < 4.78 is 13.5. The van der Waals surface area contributed by atoms with E-state index < -0.39 is 6.04 Å². The predicted molar refractivity (Wildman–Crippen MR) is 61.1 cm³/mol. The first-order chi connectivity index (χ1) is 7.70. The predicted octanol–water partition coefficient (Wildman–Crippen LogP) is 1.85. The van der Waals surface area contributed by atoms with Crippen LogP contribution >= 0.6 is 0 Å². The van der Waals surface area contributed by atoms with Crippen LogP contribution in [0.2, 0.25) is 0 Å². The van der Waals surface area contributed by atoms with Gasteiger partial charge < -0.3 is 11.5 Å². The number of nitrogen functional groups attached to an aromatic ring is 1. The summed E-state index contributed by atoms with van der Waals surface area (Å²) in [4.78, 5) is 3.94. The van der Waals surface area contributed by atoms with Crippen molar-refractivity contribution >= 4 is 5.69 Å². The minimum absolute atomic E-state index is 0.335. The van der Waals surface area contributed by atoms with Gasteiger partial charge in [0.05, 0.1) is 6.04 Å². The van der Waals surface area contributed by atoms with Gasteiger partial charge in [0.2, 0.25) is 0 Å². The van der Waals surface area contributed by atoms with Crippen molar-refractivity contribution in [3.63, 3.8) is 0 Å². The van der Waals surface area contributed by atoms with Crippen molar-refractivity contribution in [1.82, 2.24) is 4.98 Å². The van der Waals surface area contributed by atoms with Gasteiger partial charge in [-0.15, -0.1) is 0 Å². The lowest BCUT2D eigenvalue weighted by Crippen LogP contribution is -2.15. The molecule has 82 valence electrons. The topological polar surface area (TPSA) is 64.9 Å². The highest BCUT2D eigenvalue weighted by molar-refractivity contribution is 5.49. The van der Waals surface area contributed by atoms with Crippen molar-refractivity contribution in [2.24, 2.45) is 5.73 Å². The van der Waals surface area contributed by atoms with E-state index >= 15 is 0 Å². The zero-order valence-electron chi connectivity index (χ0n) is 8.60. The van der Waals surface area contributed by atoms with Gasteiger partial charge in [0.15, 0.2) is 0 Å². The Labute approximate surface area is 92.9 Å². The fraction of sp³-hybridized carbons (Fsp3) is 0.0833. The van der Waals surface area contributed by atoms with Crippen molar-refractivity contribution in [2.45, 2.75) is 6.04 Å². The van der Waals surface area contributed by atoms with Gasteiger partial charge in [0.25, 0.3) is 0 Å². The van der Waals surface area contributed by atoms with E-state index in [1.807, 2.05) is 0 Å². The fourth-order valence-corrected chi connectivity index (χ4v) is 1.57. The third-order valence-electron chi connectivity index (χ3n) is 2.46. The van der Waals surface area contributed by atoms with E-state index in [-0.39, 0.29) is 5.82 Å². The Morgan fingerprint density at radius 3 is 2.56 bits per heavy atom. The SMILES string of the molecule is Nc1ccncc1C(N)c1ccccc1F. The van der Waals surface area contributed by atoms with Crippen LogP contribution < -0.4 is 11.5 Å². The Hall–Kier alpha value is -1.94. The normalized spacial score (nSPS) is 12.4. The van der Waals surface area contributed by atoms with Crippen molar-refractivity contribution in [3.8, 4) is 0 Å². The van der Waals surface area contributed by atoms with E-state index in [0.29, 0.717) is 16.8 Å². The highest BCUT2D eigenvalue weighted by Gasteiger charge is 2.15. The summed E-state index contributed by atoms with van der Waals surface area (Å²) in [6.45, 7) is 0. The van der Waals surface area contributed by atoms with Gasteiger partial charge in [-0.2, -0.15) is 0 Å². The number of pyridine rings is 1. The number of halogens is 1. The third-order valence-corrected chi connectivity index (χ3v) is 2.46. The minimum Gasteiger partial charge on any atom is -0.398 e. The lowest BCUT2D eigenvalue weighted by atomic mass is 9.99. The molecule has 16 heavy (non-hydrogen) atoms. The molecular weight excluding hydrogens is 205 g/mol. The molecule has 0 aliphatic heterocycles. The van der Waals surface area contributed by atoms with E-state index in [9.17, 15) is 4.39 Å². The Balaban J connectivity index is 2.44. The molecular formula is C12H12FN3. The van der Waals surface area contributed by atoms with Gasteiger partial charge in [-0.1, -0.05) is 18.2 Å². The smallest absolute Gasteiger partial charge is 0.128 e. The van der Waals surface area contributed by atoms with Crippen LogP contribution in [0.25, 0.3) is 0 Å². The third kappa shape index (κ3) is 1.87. The molecule has 1 aromatic carbocycles. The summed E-state index contributed by atoms with van der Waals surface area (Å²) in [6, 6.07) is 7.45. The van der Waals surface area contributed by atoms with Gasteiger partial charge >= 0.3 is 0 Å². The summed E-state index contributed by atoms with van der Waals surface area (Å²) >= 11 is 0. The first kappa shape index (κ1) is 10.6. The highest BCUT2D eigenvalue weighted by atomic mass is 19.1. The molecule has 0 amide bonds. The quantitative estimate of drug-likeness (QED) is 0.806. The van der Waals surface area contributed by atoms with Gasteiger partial charge in [-0.25, -0.2) is 4.39 Å². The van der Waals surface area contributed by atoms with E-state index in [2.05, 4.69) is 4.98 Å². The fourth-order valence-electron chi connectivity index (χ4n) is 1.57. The summed E-state index contributed by atoms with van der Waals surface area (Å²) in [7, 11) is 0. The Kier molecular flexibility index (Phi) is 2.83. The van der Waals surface area contributed by atoms with Crippen LogP contribution in [-0.4, -0.2) is 4.98 Å². The molecule has 4 N–H and O–H groups in total. The number of aromatic nitrogens is 1. The van der Waals surface area contributed by atoms with Crippen molar-refractivity contribution in [1.29, 1.82) is 0 Å². The van der Waals surface area contributed by atoms with Crippen molar-refractivity contribution in [3.05, 3.63) is 59.7 Å². The number of rotatable bonds is 2. The largest absolute Gasteiger partial charge is 0.398 e. The van der Waals surface area contributed by atoms with Gasteiger partial charge in [-0.3, -0.25) is 4.98 Å². The molecule has 0 radical (unpaired) electrons. The monoisotopic (exact) mass is 217 g/mol. The number of nitrogens with two attached hydrogens (primary N) is 2. The maximum atomic E-state index is 13.5. The minimum atomic E-state index is -0.588. The summed E-state index contributed by atoms with van der Waals surface area (Å²) in [5.41, 5.74) is 13.3. The van der Waals surface area contributed by atoms with Crippen LogP contribution in [0.5, 0.6) is 0 Å². The van der Waals surface area contributed by atoms with E-state index in [1.165, 1.54) is 6.07 Å². The zero-order valence-corrected chi connectivity index (χ0v) is 8.60. The van der Waals surface area contributed by atoms with Crippen LogP contribution in [0.3, 0.4) is 0 Å². The van der Waals surface area contributed by atoms with Gasteiger partial charge in [-0.05, 0) is 12.1 Å². The molecule has 1 heterocycles. The summed E-state index contributed by atoms with van der Waals surface area (Å²) in [5, 5.41) is 0. The van der Waals surface area contributed by atoms with Gasteiger partial charge in [0, 0.05) is 29.2 Å². The average molecular weight is 217 g/mol. The molecule has 4 heteroatoms. The Morgan fingerprint density at radius 2 is 1.88 bits per heavy atom. The van der Waals surface area contributed by atoms with Crippen LogP contribution in [0.1, 0.15) is 17.2 Å². The molecule has 0 saturated heterocycles. The molecule has 2 aromatic rings. The van der Waals surface area contributed by atoms with Crippen molar-refractivity contribution < 1.29 is 4.39 Å². The molecule has 0 bridgehead atoms. The number of nitrogens with zero attached hydrogens (tertiary/aromatic N) is 1. The molecule has 1 unspecified atom stereocenters. The highest BCUT2D eigenvalue weighted by Crippen LogP contribution is 2.25. The average Bonchev–Trinajstić information content (AvgIpc) is 2.29. The molecule has 0 fully saturated rings. The summed E-state index contributed by atoms with van der Waals surface area (Å²) in [5.74, 6) is -0.335. The lowest BCUT2D eigenvalue weighted by Gasteiger charge is -2.14. The van der Waals surface area contributed by atoms with Crippen molar-refractivity contribution in [2.75, 3.05) is 5.73 Å². The number of benzene rings is 1. The molecule has 0 spiro atoms. The molecule has 0 saturated carbocycles. The van der Waals surface area contributed by atoms with Crippen LogP contribution in [0.4, 0.5) is 10.1 Å². The molecule has 0 aliphatic carbocycles. The number of hydrogen-bond acceptors (Lipinski definition) is 3. The first-order valence-corrected chi connectivity index (χ1v) is 4.89. The van der Waals surface area contributed by atoms with Crippen LogP contribution in [0, 0.1) is 5.82 Å². The second-order valence-corrected chi connectivity index (χ2v) is 3.50. The second kappa shape index (κ2) is 4.28. The lowest BCUT2D eigenvalue weighted by molar-refractivity contribution is 0.599. The molecule has 1 aromatic heterocycles.